The van der Waals surface area contributed by atoms with E-state index in [0.717, 1.165) is 0 Å². The van der Waals surface area contributed by atoms with Crippen LogP contribution >= 0.6 is 0 Å². The van der Waals surface area contributed by atoms with E-state index in [-0.39, 0.29) is 16.2 Å². The molecule has 0 spiro atoms. The van der Waals surface area contributed by atoms with Gasteiger partial charge in [0.1, 0.15) is 0 Å². The fraction of sp³-hybridized carbons (Fsp3) is 0.200. The maximum Gasteiger partial charge on any atom is 0.182 e. The Balaban J connectivity index is 2.40. The topological polar surface area (TPSA) is 69.4 Å². The van der Waals surface area contributed by atoms with Crippen molar-refractivity contribution in [3.63, 3.8) is 0 Å². The van der Waals surface area contributed by atoms with E-state index >= 15 is 0 Å². The van der Waals surface area contributed by atoms with Crippen LogP contribution in [0.5, 0.6) is 5.75 Å². The molecule has 0 fully saturated rings. The van der Waals surface area contributed by atoms with Crippen LogP contribution in [0, 0.1) is 12.7 Å². The molecule has 0 atom stereocenters. The number of nitrogens with two attached hydrogens (primary N) is 1. The molecule has 0 saturated carbocycles. The second-order valence-corrected chi connectivity index (χ2v) is 6.70. The van der Waals surface area contributed by atoms with Crippen LogP contribution in [-0.4, -0.2) is 15.5 Å². The summed E-state index contributed by atoms with van der Waals surface area (Å²) in [6.07, 6.45) is 0. The van der Waals surface area contributed by atoms with Crippen molar-refractivity contribution in [1.29, 1.82) is 0 Å². The molecule has 0 saturated heterocycles. The Labute approximate surface area is 123 Å². The van der Waals surface area contributed by atoms with Crippen LogP contribution in [-0.2, 0) is 15.6 Å². The third-order valence-corrected chi connectivity index (χ3v) is 4.87. The quantitative estimate of drug-likeness (QED) is 0.882. The van der Waals surface area contributed by atoms with Crippen molar-refractivity contribution in [2.24, 2.45) is 0 Å². The Morgan fingerprint density at radius 3 is 2.57 bits per heavy atom. The molecule has 2 rings (SSSR count). The van der Waals surface area contributed by atoms with Crippen LogP contribution < -0.4 is 10.5 Å². The summed E-state index contributed by atoms with van der Waals surface area (Å²) in [5.41, 5.74) is 6.93. The van der Waals surface area contributed by atoms with Crippen molar-refractivity contribution in [2.45, 2.75) is 17.6 Å². The summed E-state index contributed by atoms with van der Waals surface area (Å²) in [5.74, 6) is -1.06. The molecule has 21 heavy (non-hydrogen) atoms. The van der Waals surface area contributed by atoms with Crippen LogP contribution in [0.2, 0.25) is 0 Å². The van der Waals surface area contributed by atoms with Crippen molar-refractivity contribution in [1.82, 2.24) is 0 Å². The average molecular weight is 309 g/mol. The molecule has 112 valence electrons. The minimum absolute atomic E-state index is 0.0242. The van der Waals surface area contributed by atoms with E-state index in [1.165, 1.54) is 37.4 Å². The first-order valence-electron chi connectivity index (χ1n) is 6.25. The Morgan fingerprint density at radius 1 is 1.24 bits per heavy atom. The highest BCUT2D eigenvalue weighted by molar-refractivity contribution is 7.90. The Kier molecular flexibility index (Phi) is 4.18. The number of hydrogen-bond acceptors (Lipinski definition) is 4. The largest absolute Gasteiger partial charge is 0.494 e. The van der Waals surface area contributed by atoms with Gasteiger partial charge < -0.3 is 10.5 Å². The minimum atomic E-state index is -3.65. The molecule has 2 N–H and O–H groups in total. The van der Waals surface area contributed by atoms with Gasteiger partial charge in [0.2, 0.25) is 0 Å². The van der Waals surface area contributed by atoms with E-state index in [1.54, 1.807) is 13.0 Å². The molecule has 2 aromatic carbocycles. The maximum atomic E-state index is 14.1. The van der Waals surface area contributed by atoms with Gasteiger partial charge in [0.25, 0.3) is 0 Å². The molecule has 0 heterocycles. The molecule has 0 aliphatic rings. The second-order valence-electron chi connectivity index (χ2n) is 4.71. The first-order chi connectivity index (χ1) is 9.85. The third kappa shape index (κ3) is 3.16. The van der Waals surface area contributed by atoms with Gasteiger partial charge >= 0.3 is 0 Å². The molecule has 4 nitrogen and oxygen atoms in total. The normalized spacial score (nSPS) is 11.4. The van der Waals surface area contributed by atoms with Crippen molar-refractivity contribution in [2.75, 3.05) is 12.8 Å². The SMILES string of the molecule is COc1cccc(CS(=O)(=O)c2ccc(N)c(C)c2)c1F. The lowest BCUT2D eigenvalue weighted by Crippen LogP contribution is -2.08. The number of hydrogen-bond donors (Lipinski definition) is 1. The van der Waals surface area contributed by atoms with Crippen molar-refractivity contribution in [3.05, 3.63) is 53.3 Å². The highest BCUT2D eigenvalue weighted by Crippen LogP contribution is 2.25. The van der Waals surface area contributed by atoms with Gasteiger partial charge in [-0.15, -0.1) is 0 Å². The zero-order chi connectivity index (χ0) is 15.6. The highest BCUT2D eigenvalue weighted by atomic mass is 32.2. The lowest BCUT2D eigenvalue weighted by atomic mass is 10.2. The molecule has 0 aliphatic heterocycles. The molecule has 0 radical (unpaired) electrons. The molecular weight excluding hydrogens is 293 g/mol. The summed E-state index contributed by atoms with van der Waals surface area (Å²) in [6.45, 7) is 1.72. The van der Waals surface area contributed by atoms with Crippen LogP contribution in [0.15, 0.2) is 41.3 Å². The van der Waals surface area contributed by atoms with Gasteiger partial charge in [0.15, 0.2) is 21.4 Å². The fourth-order valence-corrected chi connectivity index (χ4v) is 3.39. The Bertz CT molecular complexity index is 772. The molecule has 6 heteroatoms. The fourth-order valence-electron chi connectivity index (χ4n) is 1.96. The van der Waals surface area contributed by atoms with Crippen LogP contribution in [0.25, 0.3) is 0 Å². The number of halogens is 1. The molecule has 0 aliphatic carbocycles. The molecule has 0 bridgehead atoms. The van der Waals surface area contributed by atoms with Crippen LogP contribution in [0.3, 0.4) is 0 Å². The van der Waals surface area contributed by atoms with Gasteiger partial charge in [-0.1, -0.05) is 12.1 Å². The molecule has 0 aromatic heterocycles. The number of anilines is 1. The van der Waals surface area contributed by atoms with Crippen LogP contribution in [0.4, 0.5) is 10.1 Å². The predicted molar refractivity (Wildman–Crippen MR) is 79.4 cm³/mol. The van der Waals surface area contributed by atoms with Gasteiger partial charge in [-0.05, 0) is 36.8 Å². The average Bonchev–Trinajstić information content (AvgIpc) is 2.44. The zero-order valence-electron chi connectivity index (χ0n) is 11.8. The van der Waals surface area contributed by atoms with E-state index in [9.17, 15) is 12.8 Å². The van der Waals surface area contributed by atoms with E-state index in [2.05, 4.69) is 0 Å². The number of nitrogen functional groups attached to an aromatic ring is 1. The predicted octanol–water partition coefficient (Wildman–Crippen LogP) is 2.70. The van der Waals surface area contributed by atoms with Crippen molar-refractivity contribution < 1.29 is 17.5 Å². The van der Waals surface area contributed by atoms with E-state index < -0.39 is 21.4 Å². The maximum absolute atomic E-state index is 14.1. The lowest BCUT2D eigenvalue weighted by molar-refractivity contribution is 0.385. The van der Waals surface area contributed by atoms with Gasteiger partial charge in [-0.2, -0.15) is 0 Å². The number of methoxy groups -OCH3 is 1. The smallest absolute Gasteiger partial charge is 0.182 e. The Morgan fingerprint density at radius 2 is 1.95 bits per heavy atom. The van der Waals surface area contributed by atoms with E-state index in [1.807, 2.05) is 0 Å². The minimum Gasteiger partial charge on any atom is -0.494 e. The van der Waals surface area contributed by atoms with E-state index in [4.69, 9.17) is 10.5 Å². The summed E-state index contributed by atoms with van der Waals surface area (Å²) in [7, 11) is -2.32. The molecule has 2 aromatic rings. The Hall–Kier alpha value is -2.08. The third-order valence-electron chi connectivity index (χ3n) is 3.21. The standard InChI is InChI=1S/C15H16FNO3S/c1-10-8-12(6-7-13(10)17)21(18,19)9-11-4-3-5-14(20-2)15(11)16/h3-8H,9,17H2,1-2H3. The van der Waals surface area contributed by atoms with Crippen molar-refractivity contribution in [3.8, 4) is 5.75 Å². The summed E-state index contributed by atoms with van der Waals surface area (Å²) >= 11 is 0. The summed E-state index contributed by atoms with van der Waals surface area (Å²) in [4.78, 5) is 0.122. The van der Waals surface area contributed by atoms with E-state index in [0.29, 0.717) is 11.3 Å². The lowest BCUT2D eigenvalue weighted by Gasteiger charge is -2.09. The molecule has 0 unspecified atom stereocenters. The molecular formula is C15H16FNO3S. The zero-order valence-corrected chi connectivity index (χ0v) is 12.6. The monoisotopic (exact) mass is 309 g/mol. The van der Waals surface area contributed by atoms with Gasteiger partial charge in [0.05, 0.1) is 17.8 Å². The second kappa shape index (κ2) is 5.73. The number of sulfone groups is 1. The number of rotatable bonds is 4. The number of ether oxygens (including phenoxy) is 1. The summed E-state index contributed by atoms with van der Waals surface area (Å²) in [5, 5.41) is 0. The van der Waals surface area contributed by atoms with Gasteiger partial charge in [-0.25, -0.2) is 12.8 Å². The van der Waals surface area contributed by atoms with Crippen LogP contribution in [0.1, 0.15) is 11.1 Å². The first kappa shape index (κ1) is 15.3. The van der Waals surface area contributed by atoms with Crippen molar-refractivity contribution >= 4 is 15.5 Å². The first-order valence-corrected chi connectivity index (χ1v) is 7.90. The van der Waals surface area contributed by atoms with Gasteiger partial charge in [-0.3, -0.25) is 0 Å². The van der Waals surface area contributed by atoms with Gasteiger partial charge in [0, 0.05) is 11.3 Å². The summed E-state index contributed by atoms with van der Waals surface area (Å²) < 4.78 is 43.6. The summed E-state index contributed by atoms with van der Waals surface area (Å²) in [6, 6.07) is 8.88. The number of aryl methyl sites for hydroxylation is 1. The number of benzene rings is 2. The molecule has 0 amide bonds. The highest BCUT2D eigenvalue weighted by Gasteiger charge is 2.19.